The standard InChI is InChI=1S/C27H23N5O5/c1-15-23(26(34)29-19-8-3-4-9-20(19)35-2)24(16-10-11-21-22(13-16)37-14-36-21)32-27(28-15)30-25(31-32)17-6-5-7-18(33)12-17/h3-13,24,33H,14H2,1-2H3,(H,29,34)(H,28,30,31). The summed E-state index contributed by atoms with van der Waals surface area (Å²) in [6.07, 6.45) is 0. The summed E-state index contributed by atoms with van der Waals surface area (Å²) in [6.45, 7) is 1.96. The van der Waals surface area contributed by atoms with Gasteiger partial charge in [-0.05, 0) is 48.9 Å². The van der Waals surface area contributed by atoms with Gasteiger partial charge in [0.25, 0.3) is 5.91 Å². The summed E-state index contributed by atoms with van der Waals surface area (Å²) < 4.78 is 18.2. The molecule has 10 nitrogen and oxygen atoms in total. The van der Waals surface area contributed by atoms with E-state index in [2.05, 4.69) is 15.6 Å². The fraction of sp³-hybridized carbons (Fsp3) is 0.148. The molecule has 3 N–H and O–H groups in total. The van der Waals surface area contributed by atoms with E-state index in [4.69, 9.17) is 19.3 Å². The van der Waals surface area contributed by atoms with E-state index >= 15 is 0 Å². The summed E-state index contributed by atoms with van der Waals surface area (Å²) in [5, 5.41) is 20.9. The maximum absolute atomic E-state index is 13.8. The molecule has 3 heterocycles. The van der Waals surface area contributed by atoms with Crippen LogP contribution in [0.3, 0.4) is 0 Å². The number of nitrogens with zero attached hydrogens (tertiary/aromatic N) is 3. The molecule has 2 aliphatic rings. The predicted molar refractivity (Wildman–Crippen MR) is 136 cm³/mol. The number of fused-ring (bicyclic) bond motifs is 2. The number of nitrogens with one attached hydrogen (secondary N) is 2. The molecule has 4 aromatic rings. The van der Waals surface area contributed by atoms with Crippen LogP contribution in [0.25, 0.3) is 11.4 Å². The van der Waals surface area contributed by atoms with Crippen LogP contribution in [-0.4, -0.2) is 39.7 Å². The van der Waals surface area contributed by atoms with Gasteiger partial charge >= 0.3 is 0 Å². The Morgan fingerprint density at radius 2 is 1.95 bits per heavy atom. The minimum Gasteiger partial charge on any atom is -0.508 e. The minimum absolute atomic E-state index is 0.108. The van der Waals surface area contributed by atoms with E-state index in [1.54, 1.807) is 42.1 Å². The molecule has 2 aliphatic heterocycles. The van der Waals surface area contributed by atoms with Gasteiger partial charge in [0.1, 0.15) is 17.5 Å². The number of hydrogen-bond donors (Lipinski definition) is 3. The number of anilines is 2. The zero-order valence-corrected chi connectivity index (χ0v) is 20.1. The van der Waals surface area contributed by atoms with Crippen LogP contribution in [0, 0.1) is 0 Å². The Morgan fingerprint density at radius 3 is 2.78 bits per heavy atom. The molecule has 1 amide bonds. The molecule has 0 fully saturated rings. The topological polar surface area (TPSA) is 120 Å². The average Bonchev–Trinajstić information content (AvgIpc) is 3.54. The molecule has 0 spiro atoms. The van der Waals surface area contributed by atoms with Crippen LogP contribution in [0.15, 0.2) is 78.0 Å². The van der Waals surface area contributed by atoms with Crippen LogP contribution >= 0.6 is 0 Å². The number of phenols is 1. The monoisotopic (exact) mass is 497 g/mol. The van der Waals surface area contributed by atoms with Crippen LogP contribution in [0.4, 0.5) is 11.6 Å². The third-order valence-corrected chi connectivity index (χ3v) is 6.27. The van der Waals surface area contributed by atoms with Gasteiger partial charge in [0.2, 0.25) is 12.7 Å². The molecule has 0 saturated heterocycles. The first-order valence-corrected chi connectivity index (χ1v) is 11.6. The van der Waals surface area contributed by atoms with Gasteiger partial charge in [-0.2, -0.15) is 4.98 Å². The summed E-state index contributed by atoms with van der Waals surface area (Å²) in [6, 6.07) is 18.8. The second-order valence-corrected chi connectivity index (χ2v) is 8.59. The van der Waals surface area contributed by atoms with E-state index in [9.17, 15) is 9.90 Å². The van der Waals surface area contributed by atoms with Crippen molar-refractivity contribution in [2.24, 2.45) is 0 Å². The number of carbonyl (C=O) groups excluding carboxylic acids is 1. The number of carbonyl (C=O) groups is 1. The number of phenolic OH excluding ortho intramolecular Hbond substituents is 1. The fourth-order valence-electron chi connectivity index (χ4n) is 4.54. The molecule has 0 bridgehead atoms. The summed E-state index contributed by atoms with van der Waals surface area (Å²) in [7, 11) is 1.55. The van der Waals surface area contributed by atoms with Gasteiger partial charge in [0, 0.05) is 11.3 Å². The average molecular weight is 498 g/mol. The van der Waals surface area contributed by atoms with Crippen molar-refractivity contribution in [3.63, 3.8) is 0 Å². The van der Waals surface area contributed by atoms with E-state index < -0.39 is 6.04 Å². The molecular formula is C27H23N5O5. The van der Waals surface area contributed by atoms with Gasteiger partial charge in [-0.25, -0.2) is 4.68 Å². The Labute approximate surface area is 212 Å². The van der Waals surface area contributed by atoms with Crippen LogP contribution in [0.1, 0.15) is 18.5 Å². The lowest BCUT2D eigenvalue weighted by Crippen LogP contribution is -2.31. The summed E-state index contributed by atoms with van der Waals surface area (Å²) >= 11 is 0. The largest absolute Gasteiger partial charge is 0.508 e. The molecule has 0 saturated carbocycles. The first-order chi connectivity index (χ1) is 18.0. The highest BCUT2D eigenvalue weighted by Gasteiger charge is 2.35. The maximum Gasteiger partial charge on any atom is 0.255 e. The Bertz CT molecular complexity index is 1560. The van der Waals surface area contributed by atoms with E-state index in [1.165, 1.54) is 0 Å². The van der Waals surface area contributed by atoms with Crippen molar-refractivity contribution in [2.45, 2.75) is 13.0 Å². The number of benzene rings is 3. The first kappa shape index (κ1) is 22.5. The lowest BCUT2D eigenvalue weighted by atomic mass is 9.94. The van der Waals surface area contributed by atoms with Crippen molar-refractivity contribution in [1.82, 2.24) is 14.8 Å². The number of amides is 1. The van der Waals surface area contributed by atoms with Crippen LogP contribution < -0.4 is 24.8 Å². The minimum atomic E-state index is -0.626. The quantitative estimate of drug-likeness (QED) is 0.373. The number of rotatable bonds is 5. The van der Waals surface area contributed by atoms with Gasteiger partial charge in [0.05, 0.1) is 18.4 Å². The van der Waals surface area contributed by atoms with E-state index in [0.717, 1.165) is 5.56 Å². The molecule has 0 aliphatic carbocycles. The number of ether oxygens (including phenoxy) is 3. The Balaban J connectivity index is 1.46. The van der Waals surface area contributed by atoms with Crippen molar-refractivity contribution in [3.8, 4) is 34.4 Å². The Kier molecular flexibility index (Phi) is 5.41. The van der Waals surface area contributed by atoms with Gasteiger partial charge < -0.3 is 30.0 Å². The molecule has 37 heavy (non-hydrogen) atoms. The van der Waals surface area contributed by atoms with Crippen LogP contribution in [0.5, 0.6) is 23.0 Å². The van der Waals surface area contributed by atoms with Crippen LogP contribution in [0.2, 0.25) is 0 Å². The SMILES string of the molecule is COc1ccccc1NC(=O)C1=C(C)Nc2nc(-c3cccc(O)c3)nn2C1c1ccc2c(c1)OCO2. The van der Waals surface area contributed by atoms with Crippen molar-refractivity contribution in [3.05, 3.63) is 83.6 Å². The molecule has 1 atom stereocenters. The number of hydrogen-bond acceptors (Lipinski definition) is 8. The third-order valence-electron chi connectivity index (χ3n) is 6.27. The molecule has 1 unspecified atom stereocenters. The number of aromatic hydroxyl groups is 1. The lowest BCUT2D eigenvalue weighted by molar-refractivity contribution is -0.113. The van der Waals surface area contributed by atoms with E-state index in [1.807, 2.05) is 43.3 Å². The predicted octanol–water partition coefficient (Wildman–Crippen LogP) is 4.32. The van der Waals surface area contributed by atoms with Crippen LogP contribution in [-0.2, 0) is 4.79 Å². The summed E-state index contributed by atoms with van der Waals surface area (Å²) in [5.74, 6) is 2.43. The van der Waals surface area contributed by atoms with E-state index in [0.29, 0.717) is 51.5 Å². The van der Waals surface area contributed by atoms with Crippen molar-refractivity contribution in [1.29, 1.82) is 0 Å². The molecule has 10 heteroatoms. The van der Waals surface area contributed by atoms with Crippen molar-refractivity contribution < 1.29 is 24.1 Å². The van der Waals surface area contributed by atoms with Crippen molar-refractivity contribution >= 4 is 17.5 Å². The highest BCUT2D eigenvalue weighted by Crippen LogP contribution is 2.41. The van der Waals surface area contributed by atoms with E-state index in [-0.39, 0.29) is 18.4 Å². The molecular weight excluding hydrogens is 474 g/mol. The first-order valence-electron chi connectivity index (χ1n) is 11.6. The Morgan fingerprint density at radius 1 is 1.11 bits per heavy atom. The summed E-state index contributed by atoms with van der Waals surface area (Å²) in [5.41, 5.74) is 3.03. The van der Waals surface area contributed by atoms with Gasteiger partial charge in [-0.1, -0.05) is 30.3 Å². The maximum atomic E-state index is 13.8. The smallest absolute Gasteiger partial charge is 0.255 e. The highest BCUT2D eigenvalue weighted by atomic mass is 16.7. The van der Waals surface area contributed by atoms with Crippen molar-refractivity contribution in [2.75, 3.05) is 24.5 Å². The van der Waals surface area contributed by atoms with Gasteiger partial charge in [0.15, 0.2) is 17.3 Å². The number of para-hydroxylation sites is 2. The molecule has 1 aromatic heterocycles. The summed E-state index contributed by atoms with van der Waals surface area (Å²) in [4.78, 5) is 18.4. The normalized spacial score (nSPS) is 15.7. The second kappa shape index (κ2) is 8.90. The third kappa shape index (κ3) is 3.98. The Hall–Kier alpha value is -4.99. The second-order valence-electron chi connectivity index (χ2n) is 8.59. The molecule has 186 valence electrons. The zero-order valence-electron chi connectivity index (χ0n) is 20.1. The lowest BCUT2D eigenvalue weighted by Gasteiger charge is -2.29. The number of allylic oxidation sites excluding steroid dienone is 1. The highest BCUT2D eigenvalue weighted by molar-refractivity contribution is 6.06. The fourth-order valence-corrected chi connectivity index (χ4v) is 4.54. The molecule has 6 rings (SSSR count). The van der Waals surface area contributed by atoms with Gasteiger partial charge in [-0.15, -0.1) is 5.10 Å². The van der Waals surface area contributed by atoms with Gasteiger partial charge in [-0.3, -0.25) is 4.79 Å². The molecule has 0 radical (unpaired) electrons. The zero-order chi connectivity index (χ0) is 25.5. The molecule has 3 aromatic carbocycles. The number of methoxy groups -OCH3 is 1. The number of aromatic nitrogens is 3.